The van der Waals surface area contributed by atoms with Gasteiger partial charge in [0.2, 0.25) is 5.88 Å². The molecular weight excluding hydrogens is 478 g/mol. The molecule has 1 N–H and O–H groups in total. The SMILES string of the molecule is CCc1ncnc(-c2cccnc2Oc2cc(NC(=O)c3cccc(Oc4ccccc4)c3)ccc2C)n1. The van der Waals surface area contributed by atoms with E-state index >= 15 is 0 Å². The number of carbonyl (C=O) groups is 1. The van der Waals surface area contributed by atoms with Crippen molar-refractivity contribution in [3.8, 4) is 34.5 Å². The number of benzene rings is 3. The molecule has 8 nitrogen and oxygen atoms in total. The molecule has 188 valence electrons. The van der Waals surface area contributed by atoms with Gasteiger partial charge in [-0.05, 0) is 61.0 Å². The molecule has 5 rings (SSSR count). The van der Waals surface area contributed by atoms with E-state index in [4.69, 9.17) is 9.47 Å². The van der Waals surface area contributed by atoms with Crippen LogP contribution in [0.3, 0.4) is 0 Å². The van der Waals surface area contributed by atoms with Gasteiger partial charge in [0.05, 0.1) is 5.56 Å². The van der Waals surface area contributed by atoms with Crippen LogP contribution in [0.15, 0.2) is 97.5 Å². The number of rotatable bonds is 8. The lowest BCUT2D eigenvalue weighted by Crippen LogP contribution is -2.12. The van der Waals surface area contributed by atoms with Gasteiger partial charge in [-0.1, -0.05) is 37.3 Å². The van der Waals surface area contributed by atoms with Crippen LogP contribution in [0.25, 0.3) is 11.4 Å². The highest BCUT2D eigenvalue weighted by atomic mass is 16.5. The van der Waals surface area contributed by atoms with Crippen molar-refractivity contribution in [3.05, 3.63) is 114 Å². The summed E-state index contributed by atoms with van der Waals surface area (Å²) >= 11 is 0. The van der Waals surface area contributed by atoms with Gasteiger partial charge in [-0.2, -0.15) is 0 Å². The highest BCUT2D eigenvalue weighted by Crippen LogP contribution is 2.32. The van der Waals surface area contributed by atoms with Crippen molar-refractivity contribution in [1.82, 2.24) is 19.9 Å². The fraction of sp³-hybridized carbons (Fsp3) is 0.100. The van der Waals surface area contributed by atoms with Crippen molar-refractivity contribution in [3.63, 3.8) is 0 Å². The minimum Gasteiger partial charge on any atom is -0.457 e. The van der Waals surface area contributed by atoms with Crippen molar-refractivity contribution < 1.29 is 14.3 Å². The molecule has 0 aliphatic rings. The van der Waals surface area contributed by atoms with Crippen molar-refractivity contribution in [2.24, 2.45) is 0 Å². The first-order valence-corrected chi connectivity index (χ1v) is 12.1. The third-order valence-electron chi connectivity index (χ3n) is 5.68. The van der Waals surface area contributed by atoms with E-state index in [2.05, 4.69) is 25.3 Å². The van der Waals surface area contributed by atoms with E-state index in [1.54, 1.807) is 36.5 Å². The summed E-state index contributed by atoms with van der Waals surface area (Å²) in [4.78, 5) is 30.4. The van der Waals surface area contributed by atoms with E-state index in [1.807, 2.05) is 68.4 Å². The van der Waals surface area contributed by atoms with Crippen molar-refractivity contribution in [2.75, 3.05) is 5.32 Å². The van der Waals surface area contributed by atoms with E-state index in [-0.39, 0.29) is 5.91 Å². The zero-order chi connectivity index (χ0) is 26.3. The third kappa shape index (κ3) is 5.82. The number of hydrogen-bond acceptors (Lipinski definition) is 7. The monoisotopic (exact) mass is 503 g/mol. The van der Waals surface area contributed by atoms with Gasteiger partial charge in [0, 0.05) is 29.9 Å². The van der Waals surface area contributed by atoms with Crippen LogP contribution in [0, 0.1) is 6.92 Å². The smallest absolute Gasteiger partial charge is 0.255 e. The maximum absolute atomic E-state index is 13.0. The standard InChI is InChI=1S/C30H25N5O3/c1-3-27-32-19-33-28(35-27)25-13-8-16-31-30(25)38-26-18-22(15-14-20(26)2)34-29(36)21-9-7-12-24(17-21)37-23-10-5-4-6-11-23/h4-19H,3H2,1-2H3,(H,34,36). The van der Waals surface area contributed by atoms with E-state index < -0.39 is 0 Å². The number of anilines is 1. The first-order chi connectivity index (χ1) is 18.6. The number of nitrogens with zero attached hydrogens (tertiary/aromatic N) is 4. The molecule has 0 saturated heterocycles. The van der Waals surface area contributed by atoms with Crippen LogP contribution in [0.2, 0.25) is 0 Å². The molecular formula is C30H25N5O3. The zero-order valence-corrected chi connectivity index (χ0v) is 21.0. The van der Waals surface area contributed by atoms with Gasteiger partial charge in [0.15, 0.2) is 5.82 Å². The Kier molecular flexibility index (Phi) is 7.31. The lowest BCUT2D eigenvalue weighted by Gasteiger charge is -2.13. The topological polar surface area (TPSA) is 99.1 Å². The number of para-hydroxylation sites is 1. The first-order valence-electron chi connectivity index (χ1n) is 12.1. The summed E-state index contributed by atoms with van der Waals surface area (Å²) in [6.07, 6.45) is 3.82. The van der Waals surface area contributed by atoms with Crippen LogP contribution in [0.5, 0.6) is 23.1 Å². The first kappa shape index (κ1) is 24.6. The molecule has 0 radical (unpaired) electrons. The molecule has 0 saturated carbocycles. The summed E-state index contributed by atoms with van der Waals surface area (Å²) < 4.78 is 12.1. The summed E-state index contributed by atoms with van der Waals surface area (Å²) in [5.74, 6) is 3.08. The molecule has 2 heterocycles. The summed E-state index contributed by atoms with van der Waals surface area (Å²) in [5.41, 5.74) is 2.57. The highest BCUT2D eigenvalue weighted by Gasteiger charge is 2.15. The van der Waals surface area contributed by atoms with E-state index in [1.165, 1.54) is 6.33 Å². The van der Waals surface area contributed by atoms with Crippen molar-refractivity contribution in [2.45, 2.75) is 20.3 Å². The highest BCUT2D eigenvalue weighted by molar-refractivity contribution is 6.04. The molecule has 2 aromatic heterocycles. The van der Waals surface area contributed by atoms with Gasteiger partial charge in [-0.15, -0.1) is 0 Å². The number of aryl methyl sites for hydroxylation is 2. The normalized spacial score (nSPS) is 10.6. The molecule has 0 unspecified atom stereocenters. The number of aromatic nitrogens is 4. The average Bonchev–Trinajstić information content (AvgIpc) is 2.96. The second kappa shape index (κ2) is 11.3. The summed E-state index contributed by atoms with van der Waals surface area (Å²) in [5, 5.41) is 2.94. The predicted molar refractivity (Wildman–Crippen MR) is 145 cm³/mol. The van der Waals surface area contributed by atoms with Crippen LogP contribution in [-0.4, -0.2) is 25.8 Å². The number of amides is 1. The molecule has 0 bridgehead atoms. The van der Waals surface area contributed by atoms with Crippen molar-refractivity contribution in [1.29, 1.82) is 0 Å². The Morgan fingerprint density at radius 1 is 0.842 bits per heavy atom. The largest absolute Gasteiger partial charge is 0.457 e. The number of pyridine rings is 1. The van der Waals surface area contributed by atoms with E-state index in [0.717, 1.165) is 5.56 Å². The Morgan fingerprint density at radius 2 is 1.68 bits per heavy atom. The molecule has 0 fully saturated rings. The van der Waals surface area contributed by atoms with Gasteiger partial charge < -0.3 is 14.8 Å². The van der Waals surface area contributed by atoms with E-state index in [9.17, 15) is 4.79 Å². The molecule has 1 amide bonds. The van der Waals surface area contributed by atoms with E-state index in [0.29, 0.717) is 58.0 Å². The Morgan fingerprint density at radius 3 is 2.53 bits per heavy atom. The van der Waals surface area contributed by atoms with Crippen LogP contribution < -0.4 is 14.8 Å². The minimum absolute atomic E-state index is 0.269. The Labute approximate surface area is 220 Å². The van der Waals surface area contributed by atoms with Gasteiger partial charge in [0.1, 0.15) is 29.4 Å². The third-order valence-corrected chi connectivity index (χ3v) is 5.68. The summed E-state index contributed by atoms with van der Waals surface area (Å²) in [6, 6.07) is 25.6. The second-order valence-corrected chi connectivity index (χ2v) is 8.41. The summed E-state index contributed by atoms with van der Waals surface area (Å²) in [7, 11) is 0. The number of hydrogen-bond donors (Lipinski definition) is 1. The van der Waals surface area contributed by atoms with Gasteiger partial charge >= 0.3 is 0 Å². The number of ether oxygens (including phenoxy) is 2. The molecule has 38 heavy (non-hydrogen) atoms. The van der Waals surface area contributed by atoms with Crippen LogP contribution in [0.1, 0.15) is 28.7 Å². The summed E-state index contributed by atoms with van der Waals surface area (Å²) in [6.45, 7) is 3.90. The average molecular weight is 504 g/mol. The maximum atomic E-state index is 13.0. The lowest BCUT2D eigenvalue weighted by atomic mass is 10.1. The molecule has 0 aliphatic heterocycles. The van der Waals surface area contributed by atoms with Gasteiger partial charge in [-0.25, -0.2) is 19.9 Å². The quantitative estimate of drug-likeness (QED) is 0.253. The second-order valence-electron chi connectivity index (χ2n) is 8.41. The molecule has 0 spiro atoms. The maximum Gasteiger partial charge on any atom is 0.255 e. The van der Waals surface area contributed by atoms with Crippen LogP contribution >= 0.6 is 0 Å². The predicted octanol–water partition coefficient (Wildman–Crippen LogP) is 6.64. The van der Waals surface area contributed by atoms with Gasteiger partial charge in [0.25, 0.3) is 5.91 Å². The zero-order valence-electron chi connectivity index (χ0n) is 21.0. The Balaban J connectivity index is 1.35. The fourth-order valence-electron chi connectivity index (χ4n) is 3.69. The van der Waals surface area contributed by atoms with Crippen LogP contribution in [-0.2, 0) is 6.42 Å². The van der Waals surface area contributed by atoms with Crippen LogP contribution in [0.4, 0.5) is 5.69 Å². The van der Waals surface area contributed by atoms with Gasteiger partial charge in [-0.3, -0.25) is 4.79 Å². The minimum atomic E-state index is -0.269. The number of nitrogens with one attached hydrogen (secondary N) is 1. The number of carbonyl (C=O) groups excluding carboxylic acids is 1. The van der Waals surface area contributed by atoms with Crippen molar-refractivity contribution >= 4 is 11.6 Å². The fourth-order valence-corrected chi connectivity index (χ4v) is 3.69. The molecule has 0 aliphatic carbocycles. The molecule has 5 aromatic rings. The molecule has 8 heteroatoms. The Hall–Kier alpha value is -5.11. The Bertz CT molecular complexity index is 1570. The molecule has 3 aromatic carbocycles. The molecule has 0 atom stereocenters. The lowest BCUT2D eigenvalue weighted by molar-refractivity contribution is 0.102.